The number of nitrogens with one attached hydrogen (secondary N) is 1. The monoisotopic (exact) mass is 515 g/mol. The largest absolute Gasteiger partial charge is 0.495 e. The fraction of sp³-hybridized carbons (Fsp3) is 0.300. The van der Waals surface area contributed by atoms with E-state index >= 15 is 0 Å². The molecule has 8 nitrogen and oxygen atoms in total. The lowest BCUT2D eigenvalue weighted by Crippen LogP contribution is -2.50. The molecule has 0 aliphatic rings. The molecule has 8 heteroatoms. The number of alkyl carbamates (subject to hydrolysis) is 1. The standard InChI is InChI=1S/C30H33N3O5/c1-30(2,3)38-29(35)32-26(16-21-8-6-5-7-9-21)28(34)33(20-23-15-25(36-4)18-31-17-23)19-22-10-11-27-24(14-22)12-13-37-27/h5-15,17-18,26H,16,19-20H2,1-4H3,(H,32,35)/t26-/m0/s1. The van der Waals surface area contributed by atoms with Crippen molar-refractivity contribution in [1.82, 2.24) is 15.2 Å². The number of nitrogens with zero attached hydrogens (tertiary/aromatic N) is 2. The molecule has 0 aliphatic heterocycles. The molecule has 2 amide bonds. The zero-order valence-electron chi connectivity index (χ0n) is 22.1. The molecule has 0 radical (unpaired) electrons. The van der Waals surface area contributed by atoms with Gasteiger partial charge in [0, 0.05) is 31.1 Å². The van der Waals surface area contributed by atoms with Gasteiger partial charge in [-0.05, 0) is 61.7 Å². The SMILES string of the molecule is COc1cncc(CN(Cc2ccc3occc3c2)C(=O)[C@H](Cc2ccccc2)NC(=O)OC(C)(C)C)c1. The molecule has 0 unspecified atom stereocenters. The minimum Gasteiger partial charge on any atom is -0.495 e. The van der Waals surface area contributed by atoms with Crippen LogP contribution in [0.5, 0.6) is 5.75 Å². The maximum absolute atomic E-state index is 14.1. The first kappa shape index (κ1) is 26.7. The summed E-state index contributed by atoms with van der Waals surface area (Å²) in [7, 11) is 1.57. The van der Waals surface area contributed by atoms with Crippen molar-refractivity contribution in [2.75, 3.05) is 7.11 Å². The second-order valence-corrected chi connectivity index (χ2v) is 10.1. The number of carbonyl (C=O) groups excluding carboxylic acids is 2. The number of benzene rings is 2. The molecule has 2 aromatic heterocycles. The van der Waals surface area contributed by atoms with Gasteiger partial charge in [-0.2, -0.15) is 0 Å². The average molecular weight is 516 g/mol. The van der Waals surface area contributed by atoms with E-state index in [0.29, 0.717) is 18.7 Å². The molecule has 0 fully saturated rings. The number of aromatic nitrogens is 1. The Morgan fingerprint density at radius 3 is 2.47 bits per heavy atom. The minimum absolute atomic E-state index is 0.241. The maximum atomic E-state index is 14.1. The van der Waals surface area contributed by atoms with Gasteiger partial charge in [-0.1, -0.05) is 36.4 Å². The summed E-state index contributed by atoms with van der Waals surface area (Å²) in [6.45, 7) is 5.95. The Labute approximate surface area is 222 Å². The van der Waals surface area contributed by atoms with Crippen LogP contribution in [-0.4, -0.2) is 40.6 Å². The molecule has 0 saturated carbocycles. The van der Waals surface area contributed by atoms with Gasteiger partial charge in [0.1, 0.15) is 23.0 Å². The van der Waals surface area contributed by atoms with E-state index in [0.717, 1.165) is 27.7 Å². The Balaban J connectivity index is 1.65. The molecule has 4 rings (SSSR count). The van der Waals surface area contributed by atoms with Crippen molar-refractivity contribution in [2.24, 2.45) is 0 Å². The van der Waals surface area contributed by atoms with Crippen LogP contribution >= 0.6 is 0 Å². The third kappa shape index (κ3) is 7.35. The van der Waals surface area contributed by atoms with Crippen LogP contribution in [0.1, 0.15) is 37.5 Å². The summed E-state index contributed by atoms with van der Waals surface area (Å²) in [5, 5.41) is 3.76. The van der Waals surface area contributed by atoms with Gasteiger partial charge in [-0.25, -0.2) is 4.79 Å². The molecule has 0 saturated heterocycles. The van der Waals surface area contributed by atoms with E-state index in [4.69, 9.17) is 13.9 Å². The van der Waals surface area contributed by atoms with E-state index in [2.05, 4.69) is 10.3 Å². The molecule has 198 valence electrons. The second kappa shape index (κ2) is 11.8. The van der Waals surface area contributed by atoms with Crippen LogP contribution in [0.15, 0.2) is 83.7 Å². The normalized spacial score (nSPS) is 12.1. The topological polar surface area (TPSA) is 93.9 Å². The van der Waals surface area contributed by atoms with Gasteiger partial charge in [-0.3, -0.25) is 9.78 Å². The Hall–Kier alpha value is -4.33. The molecule has 1 N–H and O–H groups in total. The highest BCUT2D eigenvalue weighted by Gasteiger charge is 2.29. The highest BCUT2D eigenvalue weighted by atomic mass is 16.6. The zero-order valence-corrected chi connectivity index (χ0v) is 22.1. The van der Waals surface area contributed by atoms with E-state index in [-0.39, 0.29) is 12.5 Å². The number of pyridine rings is 1. The number of carbonyl (C=O) groups is 2. The van der Waals surface area contributed by atoms with Crippen molar-refractivity contribution in [3.8, 4) is 5.75 Å². The van der Waals surface area contributed by atoms with Gasteiger partial charge in [0.05, 0.1) is 19.6 Å². The number of furan rings is 1. The lowest BCUT2D eigenvalue weighted by molar-refractivity contribution is -0.134. The van der Waals surface area contributed by atoms with E-state index in [1.807, 2.05) is 60.7 Å². The highest BCUT2D eigenvalue weighted by molar-refractivity contribution is 5.86. The zero-order chi connectivity index (χ0) is 27.1. The lowest BCUT2D eigenvalue weighted by Gasteiger charge is -2.29. The van der Waals surface area contributed by atoms with Gasteiger partial charge in [0.25, 0.3) is 0 Å². The summed E-state index contributed by atoms with van der Waals surface area (Å²) in [5.74, 6) is 0.359. The quantitative estimate of drug-likeness (QED) is 0.316. The van der Waals surface area contributed by atoms with Gasteiger partial charge in [0.2, 0.25) is 5.91 Å². The van der Waals surface area contributed by atoms with Crippen LogP contribution in [-0.2, 0) is 29.0 Å². The van der Waals surface area contributed by atoms with Crippen LogP contribution < -0.4 is 10.1 Å². The predicted octanol–water partition coefficient (Wildman–Crippen LogP) is 5.50. The minimum atomic E-state index is -0.844. The molecule has 0 bridgehead atoms. The molecule has 2 heterocycles. The van der Waals surface area contributed by atoms with Gasteiger partial charge in [-0.15, -0.1) is 0 Å². The third-order valence-corrected chi connectivity index (χ3v) is 5.85. The first-order valence-corrected chi connectivity index (χ1v) is 12.5. The van der Waals surface area contributed by atoms with E-state index < -0.39 is 17.7 Å². The Kier molecular flexibility index (Phi) is 8.31. The number of fused-ring (bicyclic) bond motifs is 1. The molecule has 1 atom stereocenters. The third-order valence-electron chi connectivity index (χ3n) is 5.85. The van der Waals surface area contributed by atoms with Crippen LogP contribution in [0.3, 0.4) is 0 Å². The van der Waals surface area contributed by atoms with Crippen LogP contribution in [0.4, 0.5) is 4.79 Å². The smallest absolute Gasteiger partial charge is 0.408 e. The van der Waals surface area contributed by atoms with Gasteiger partial charge >= 0.3 is 6.09 Å². The van der Waals surface area contributed by atoms with Crippen LogP contribution in [0.25, 0.3) is 11.0 Å². The summed E-state index contributed by atoms with van der Waals surface area (Å²) in [6.07, 6.45) is 4.63. The summed E-state index contributed by atoms with van der Waals surface area (Å²) in [6, 6.07) is 18.3. The number of methoxy groups -OCH3 is 1. The van der Waals surface area contributed by atoms with Crippen LogP contribution in [0, 0.1) is 0 Å². The average Bonchev–Trinajstić information content (AvgIpc) is 3.35. The van der Waals surface area contributed by atoms with Gasteiger partial charge < -0.3 is 24.1 Å². The summed E-state index contributed by atoms with van der Waals surface area (Å²) in [5.41, 5.74) is 2.73. The van der Waals surface area contributed by atoms with Crippen LogP contribution in [0.2, 0.25) is 0 Å². The molecule has 0 aliphatic carbocycles. The summed E-state index contributed by atoms with van der Waals surface area (Å²) < 4.78 is 16.3. The molecular formula is C30H33N3O5. The van der Waals surface area contributed by atoms with Crippen molar-refractivity contribution in [3.05, 3.63) is 96.0 Å². The summed E-state index contributed by atoms with van der Waals surface area (Å²) >= 11 is 0. The van der Waals surface area contributed by atoms with Crippen molar-refractivity contribution < 1.29 is 23.5 Å². The fourth-order valence-corrected chi connectivity index (χ4v) is 4.15. The molecule has 0 spiro atoms. The van der Waals surface area contributed by atoms with E-state index in [1.54, 1.807) is 51.4 Å². The predicted molar refractivity (Wildman–Crippen MR) is 145 cm³/mol. The highest BCUT2D eigenvalue weighted by Crippen LogP contribution is 2.21. The molecule has 4 aromatic rings. The van der Waals surface area contributed by atoms with Crippen molar-refractivity contribution >= 4 is 23.0 Å². The Morgan fingerprint density at radius 2 is 1.74 bits per heavy atom. The molecule has 38 heavy (non-hydrogen) atoms. The maximum Gasteiger partial charge on any atom is 0.408 e. The summed E-state index contributed by atoms with van der Waals surface area (Å²) in [4.78, 5) is 32.8. The van der Waals surface area contributed by atoms with Crippen molar-refractivity contribution in [1.29, 1.82) is 0 Å². The fourth-order valence-electron chi connectivity index (χ4n) is 4.15. The Morgan fingerprint density at radius 1 is 0.974 bits per heavy atom. The Bertz CT molecular complexity index is 1380. The second-order valence-electron chi connectivity index (χ2n) is 10.1. The van der Waals surface area contributed by atoms with Gasteiger partial charge in [0.15, 0.2) is 0 Å². The van der Waals surface area contributed by atoms with E-state index in [9.17, 15) is 9.59 Å². The van der Waals surface area contributed by atoms with Crippen molar-refractivity contribution in [2.45, 2.75) is 51.9 Å². The lowest BCUT2D eigenvalue weighted by atomic mass is 10.0. The number of hydrogen-bond donors (Lipinski definition) is 1. The first-order valence-electron chi connectivity index (χ1n) is 12.5. The molecule has 2 aromatic carbocycles. The van der Waals surface area contributed by atoms with Crippen molar-refractivity contribution in [3.63, 3.8) is 0 Å². The number of amides is 2. The first-order chi connectivity index (χ1) is 18.2. The number of hydrogen-bond acceptors (Lipinski definition) is 6. The number of ether oxygens (including phenoxy) is 2. The van der Waals surface area contributed by atoms with E-state index in [1.165, 1.54) is 0 Å². The molecular weight excluding hydrogens is 482 g/mol. The number of rotatable bonds is 9.